The molecule has 0 radical (unpaired) electrons. The molecule has 1 rings (SSSR count). The molecular formula is C10H17F3N2O. The van der Waals surface area contributed by atoms with Crippen LogP contribution in [0.25, 0.3) is 0 Å². The predicted octanol–water partition coefficient (Wildman–Crippen LogP) is 1.54. The van der Waals surface area contributed by atoms with Gasteiger partial charge in [0.2, 0.25) is 5.91 Å². The summed E-state index contributed by atoms with van der Waals surface area (Å²) in [6.45, 7) is 4.46. The molecule has 1 N–H and O–H groups in total. The number of rotatable bonds is 2. The van der Waals surface area contributed by atoms with Crippen LogP contribution in [0, 0.1) is 0 Å². The summed E-state index contributed by atoms with van der Waals surface area (Å²) < 4.78 is 37.3. The lowest BCUT2D eigenvalue weighted by Crippen LogP contribution is -2.54. The third kappa shape index (κ3) is 3.37. The summed E-state index contributed by atoms with van der Waals surface area (Å²) in [7, 11) is 0. The van der Waals surface area contributed by atoms with E-state index in [1.165, 1.54) is 4.90 Å². The van der Waals surface area contributed by atoms with Crippen molar-refractivity contribution in [3.8, 4) is 0 Å². The first-order valence-electron chi connectivity index (χ1n) is 5.22. The largest absolute Gasteiger partial charge is 0.401 e. The SMILES string of the molecule is CC(C)(C)N(CC(F)(F)F)C1CCNC1=O. The van der Waals surface area contributed by atoms with Crippen LogP contribution in [0.5, 0.6) is 0 Å². The first-order valence-corrected chi connectivity index (χ1v) is 5.22. The van der Waals surface area contributed by atoms with Crippen molar-refractivity contribution in [1.82, 2.24) is 10.2 Å². The second kappa shape index (κ2) is 4.24. The van der Waals surface area contributed by atoms with Gasteiger partial charge in [0, 0.05) is 12.1 Å². The maximum absolute atomic E-state index is 12.4. The molecule has 1 unspecified atom stereocenters. The zero-order valence-electron chi connectivity index (χ0n) is 9.69. The van der Waals surface area contributed by atoms with Crippen LogP contribution in [0.1, 0.15) is 27.2 Å². The summed E-state index contributed by atoms with van der Waals surface area (Å²) in [4.78, 5) is 12.6. The number of hydrogen-bond donors (Lipinski definition) is 1. The van der Waals surface area contributed by atoms with Crippen molar-refractivity contribution in [2.75, 3.05) is 13.1 Å². The number of nitrogens with zero attached hydrogens (tertiary/aromatic N) is 1. The van der Waals surface area contributed by atoms with E-state index >= 15 is 0 Å². The van der Waals surface area contributed by atoms with Crippen molar-refractivity contribution in [2.24, 2.45) is 0 Å². The third-order valence-electron chi connectivity index (χ3n) is 2.61. The molecule has 1 atom stereocenters. The van der Waals surface area contributed by atoms with Gasteiger partial charge in [-0.3, -0.25) is 9.69 Å². The zero-order valence-corrected chi connectivity index (χ0v) is 9.69. The van der Waals surface area contributed by atoms with E-state index in [0.717, 1.165) is 0 Å². The van der Waals surface area contributed by atoms with E-state index in [2.05, 4.69) is 5.32 Å². The molecule has 0 aromatic carbocycles. The lowest BCUT2D eigenvalue weighted by molar-refractivity contribution is -0.165. The van der Waals surface area contributed by atoms with E-state index in [-0.39, 0.29) is 5.91 Å². The predicted molar refractivity (Wildman–Crippen MR) is 53.9 cm³/mol. The van der Waals surface area contributed by atoms with Crippen LogP contribution >= 0.6 is 0 Å². The Kier molecular flexibility index (Phi) is 3.52. The van der Waals surface area contributed by atoms with Crippen LogP contribution < -0.4 is 5.32 Å². The second-order valence-corrected chi connectivity index (χ2v) is 5.01. The van der Waals surface area contributed by atoms with Crippen LogP contribution in [0.15, 0.2) is 0 Å². The van der Waals surface area contributed by atoms with Crippen LogP contribution in [-0.4, -0.2) is 41.7 Å². The molecule has 0 aromatic rings. The maximum atomic E-state index is 12.4. The van der Waals surface area contributed by atoms with Gasteiger partial charge in [0.05, 0.1) is 12.6 Å². The van der Waals surface area contributed by atoms with Gasteiger partial charge in [0.1, 0.15) is 0 Å². The smallest absolute Gasteiger partial charge is 0.355 e. The summed E-state index contributed by atoms with van der Waals surface area (Å²) in [5, 5.41) is 2.56. The quantitative estimate of drug-likeness (QED) is 0.791. The minimum atomic E-state index is -4.28. The monoisotopic (exact) mass is 238 g/mol. The molecule has 0 spiro atoms. The molecule has 3 nitrogen and oxygen atoms in total. The number of alkyl halides is 3. The summed E-state index contributed by atoms with van der Waals surface area (Å²) >= 11 is 0. The fraction of sp³-hybridized carbons (Fsp3) is 0.900. The summed E-state index contributed by atoms with van der Waals surface area (Å²) in [5.41, 5.74) is -0.679. The Labute approximate surface area is 93.0 Å². The first kappa shape index (κ1) is 13.3. The Hall–Kier alpha value is -0.780. The molecule has 0 aromatic heterocycles. The van der Waals surface area contributed by atoms with E-state index in [0.29, 0.717) is 13.0 Å². The van der Waals surface area contributed by atoms with Gasteiger partial charge in [-0.25, -0.2) is 0 Å². The standard InChI is InChI=1S/C10H17F3N2O/c1-9(2,3)15(6-10(11,12)13)7-4-5-14-8(7)16/h7H,4-6H2,1-3H3,(H,14,16). The van der Waals surface area contributed by atoms with Crippen LogP contribution in [0.2, 0.25) is 0 Å². The van der Waals surface area contributed by atoms with E-state index < -0.39 is 24.3 Å². The van der Waals surface area contributed by atoms with Crippen molar-refractivity contribution < 1.29 is 18.0 Å². The Balaban J connectivity index is 2.83. The number of halogens is 3. The highest BCUT2D eigenvalue weighted by Crippen LogP contribution is 2.27. The van der Waals surface area contributed by atoms with Crippen LogP contribution in [0.3, 0.4) is 0 Å². The highest BCUT2D eigenvalue weighted by molar-refractivity contribution is 5.83. The van der Waals surface area contributed by atoms with Gasteiger partial charge in [0.25, 0.3) is 0 Å². The van der Waals surface area contributed by atoms with Gasteiger partial charge in [-0.2, -0.15) is 13.2 Å². The Morgan fingerprint density at radius 1 is 1.38 bits per heavy atom. The molecule has 1 aliphatic heterocycles. The van der Waals surface area contributed by atoms with Gasteiger partial charge in [0.15, 0.2) is 0 Å². The number of amides is 1. The molecule has 94 valence electrons. The van der Waals surface area contributed by atoms with Crippen molar-refractivity contribution in [1.29, 1.82) is 0 Å². The molecule has 1 amide bonds. The lowest BCUT2D eigenvalue weighted by Gasteiger charge is -2.39. The van der Waals surface area contributed by atoms with Gasteiger partial charge in [-0.15, -0.1) is 0 Å². The second-order valence-electron chi connectivity index (χ2n) is 5.01. The Morgan fingerprint density at radius 2 is 1.94 bits per heavy atom. The zero-order chi connectivity index (χ0) is 12.6. The average Bonchev–Trinajstić information content (AvgIpc) is 2.43. The minimum Gasteiger partial charge on any atom is -0.355 e. The van der Waals surface area contributed by atoms with Gasteiger partial charge in [-0.05, 0) is 27.2 Å². The maximum Gasteiger partial charge on any atom is 0.401 e. The molecule has 0 saturated carbocycles. The third-order valence-corrected chi connectivity index (χ3v) is 2.61. The van der Waals surface area contributed by atoms with E-state index in [1.54, 1.807) is 20.8 Å². The number of carbonyl (C=O) groups is 1. The summed E-state index contributed by atoms with van der Waals surface area (Å²) in [6.07, 6.45) is -3.84. The molecule has 1 heterocycles. The van der Waals surface area contributed by atoms with Crippen molar-refractivity contribution >= 4 is 5.91 Å². The highest BCUT2D eigenvalue weighted by atomic mass is 19.4. The molecule has 0 aliphatic carbocycles. The average molecular weight is 238 g/mol. The van der Waals surface area contributed by atoms with Crippen molar-refractivity contribution in [3.63, 3.8) is 0 Å². The highest BCUT2D eigenvalue weighted by Gasteiger charge is 2.42. The molecule has 16 heavy (non-hydrogen) atoms. The van der Waals surface area contributed by atoms with Gasteiger partial charge >= 0.3 is 6.18 Å². The molecule has 6 heteroatoms. The number of carbonyl (C=O) groups excluding carboxylic acids is 1. The van der Waals surface area contributed by atoms with E-state index in [9.17, 15) is 18.0 Å². The summed E-state index contributed by atoms with van der Waals surface area (Å²) in [6, 6.07) is -0.665. The van der Waals surface area contributed by atoms with Crippen molar-refractivity contribution in [2.45, 2.75) is 44.9 Å². The number of nitrogens with one attached hydrogen (secondary N) is 1. The first-order chi connectivity index (χ1) is 7.11. The Bertz CT molecular complexity index is 270. The lowest BCUT2D eigenvalue weighted by atomic mass is 10.0. The molecule has 1 saturated heterocycles. The van der Waals surface area contributed by atoms with Crippen LogP contribution in [0.4, 0.5) is 13.2 Å². The minimum absolute atomic E-state index is 0.306. The molecule has 1 aliphatic rings. The van der Waals surface area contributed by atoms with Gasteiger partial charge in [-0.1, -0.05) is 0 Å². The topological polar surface area (TPSA) is 32.3 Å². The van der Waals surface area contributed by atoms with E-state index in [4.69, 9.17) is 0 Å². The summed E-state index contributed by atoms with van der Waals surface area (Å²) in [5.74, 6) is -0.306. The van der Waals surface area contributed by atoms with Crippen molar-refractivity contribution in [3.05, 3.63) is 0 Å². The molecule has 0 bridgehead atoms. The van der Waals surface area contributed by atoms with Crippen LogP contribution in [-0.2, 0) is 4.79 Å². The fourth-order valence-corrected chi connectivity index (χ4v) is 1.89. The number of hydrogen-bond acceptors (Lipinski definition) is 2. The fourth-order valence-electron chi connectivity index (χ4n) is 1.89. The Morgan fingerprint density at radius 3 is 2.25 bits per heavy atom. The molecule has 1 fully saturated rings. The normalized spacial score (nSPS) is 22.7. The molecular weight excluding hydrogens is 221 g/mol. The van der Waals surface area contributed by atoms with Gasteiger partial charge < -0.3 is 5.32 Å². The van der Waals surface area contributed by atoms with E-state index in [1.807, 2.05) is 0 Å².